The fraction of sp³-hybridized carbons (Fsp3) is 0.556. The van der Waals surface area contributed by atoms with Crippen LogP contribution in [0.15, 0.2) is 24.3 Å². The highest BCUT2D eigenvalue weighted by Gasteiger charge is 2.29. The highest BCUT2D eigenvalue weighted by atomic mass is 16.5. The van der Waals surface area contributed by atoms with Crippen LogP contribution in [-0.2, 0) is 0 Å². The van der Waals surface area contributed by atoms with Gasteiger partial charge < -0.3 is 9.64 Å². The molecule has 1 radical (unpaired) electrons. The molecule has 4 rings (SSSR count). The molecular formula is C18H23N4O. The second kappa shape index (κ2) is 6.32. The molecule has 1 saturated heterocycles. The highest BCUT2D eigenvalue weighted by Crippen LogP contribution is 2.28. The molecule has 2 heterocycles. The first-order valence-corrected chi connectivity index (χ1v) is 8.61. The molecule has 0 atom stereocenters. The van der Waals surface area contributed by atoms with Gasteiger partial charge in [0.05, 0.1) is 11.4 Å². The minimum absolute atomic E-state index is 0.346. The largest absolute Gasteiger partial charge is 0.490 e. The number of aryl methyl sites for hydroxylation is 1. The number of likely N-dealkylation sites (tertiary alicyclic amines) is 1. The first-order valence-electron chi connectivity index (χ1n) is 8.61. The van der Waals surface area contributed by atoms with Crippen LogP contribution in [0.1, 0.15) is 37.8 Å². The van der Waals surface area contributed by atoms with Crippen LogP contribution in [0.5, 0.6) is 5.75 Å². The topological polar surface area (TPSA) is 43.2 Å². The Kier molecular flexibility index (Phi) is 4.04. The van der Waals surface area contributed by atoms with Crippen LogP contribution in [0.4, 0.5) is 0 Å². The monoisotopic (exact) mass is 311 g/mol. The normalized spacial score (nSPS) is 20.4. The third-order valence-corrected chi connectivity index (χ3v) is 5.12. The van der Waals surface area contributed by atoms with Crippen molar-refractivity contribution in [3.05, 3.63) is 36.2 Å². The van der Waals surface area contributed by atoms with E-state index in [1.165, 1.54) is 32.4 Å². The van der Waals surface area contributed by atoms with Crippen molar-refractivity contribution in [2.45, 2.75) is 51.2 Å². The summed E-state index contributed by atoms with van der Waals surface area (Å²) < 4.78 is 7.94. The van der Waals surface area contributed by atoms with Crippen molar-refractivity contribution in [2.24, 2.45) is 0 Å². The predicted octanol–water partition coefficient (Wildman–Crippen LogP) is 2.77. The Morgan fingerprint density at radius 1 is 1.09 bits per heavy atom. The Morgan fingerprint density at radius 2 is 1.83 bits per heavy atom. The van der Waals surface area contributed by atoms with E-state index in [0.717, 1.165) is 36.0 Å². The molecule has 2 aromatic rings. The molecule has 5 nitrogen and oxygen atoms in total. The number of hydrogen-bond donors (Lipinski definition) is 0. The van der Waals surface area contributed by atoms with Crippen molar-refractivity contribution in [1.29, 1.82) is 0 Å². The number of hydrogen-bond acceptors (Lipinski definition) is 4. The lowest BCUT2D eigenvalue weighted by Gasteiger charge is -2.41. The van der Waals surface area contributed by atoms with E-state index in [1.807, 2.05) is 31.2 Å². The van der Waals surface area contributed by atoms with Gasteiger partial charge in [-0.3, -0.25) is 0 Å². The van der Waals surface area contributed by atoms with Gasteiger partial charge in [-0.1, -0.05) is 11.6 Å². The Bertz CT molecular complexity index is 639. The molecule has 0 unspecified atom stereocenters. The Balaban J connectivity index is 1.34. The summed E-state index contributed by atoms with van der Waals surface area (Å²) >= 11 is 0. The first kappa shape index (κ1) is 14.7. The molecule has 5 heteroatoms. The van der Waals surface area contributed by atoms with E-state index in [1.54, 1.807) is 4.68 Å². The third kappa shape index (κ3) is 3.11. The number of ether oxygens (including phenoxy) is 1. The third-order valence-electron chi connectivity index (χ3n) is 5.12. The average Bonchev–Trinajstić information content (AvgIpc) is 2.94. The van der Waals surface area contributed by atoms with Gasteiger partial charge >= 0.3 is 0 Å². The van der Waals surface area contributed by atoms with E-state index in [-0.39, 0.29) is 0 Å². The van der Waals surface area contributed by atoms with Gasteiger partial charge in [-0.15, -0.1) is 5.10 Å². The van der Waals surface area contributed by atoms with Crippen LogP contribution in [0.25, 0.3) is 5.69 Å². The van der Waals surface area contributed by atoms with E-state index in [2.05, 4.69) is 21.4 Å². The molecule has 1 aromatic heterocycles. The number of rotatable bonds is 4. The van der Waals surface area contributed by atoms with Crippen LogP contribution in [0.3, 0.4) is 0 Å². The van der Waals surface area contributed by atoms with Gasteiger partial charge in [-0.2, -0.15) is 0 Å². The fourth-order valence-corrected chi connectivity index (χ4v) is 3.47. The zero-order valence-corrected chi connectivity index (χ0v) is 13.6. The summed E-state index contributed by atoms with van der Waals surface area (Å²) in [7, 11) is 0. The molecule has 1 aliphatic carbocycles. The van der Waals surface area contributed by atoms with Crippen LogP contribution >= 0.6 is 0 Å². The van der Waals surface area contributed by atoms with Crippen molar-refractivity contribution < 1.29 is 4.74 Å². The first-order chi connectivity index (χ1) is 11.3. The zero-order valence-electron chi connectivity index (χ0n) is 13.6. The summed E-state index contributed by atoms with van der Waals surface area (Å²) in [6.45, 7) is 4.31. The van der Waals surface area contributed by atoms with Gasteiger partial charge in [0, 0.05) is 19.1 Å². The molecular weight excluding hydrogens is 288 g/mol. The average molecular weight is 311 g/mol. The van der Waals surface area contributed by atoms with Gasteiger partial charge in [-0.05, 0) is 56.9 Å². The maximum absolute atomic E-state index is 6.16. The van der Waals surface area contributed by atoms with Gasteiger partial charge in [0.2, 0.25) is 0 Å². The number of aromatic nitrogens is 3. The zero-order chi connectivity index (χ0) is 15.6. The van der Waals surface area contributed by atoms with E-state index in [0.29, 0.717) is 6.10 Å². The molecule has 1 saturated carbocycles. The molecule has 0 N–H and O–H groups in total. The molecule has 0 spiro atoms. The van der Waals surface area contributed by atoms with Crippen LogP contribution in [0.2, 0.25) is 0 Å². The quantitative estimate of drug-likeness (QED) is 0.871. The van der Waals surface area contributed by atoms with Crippen LogP contribution in [-0.4, -0.2) is 45.1 Å². The lowest BCUT2D eigenvalue weighted by molar-refractivity contribution is 0.0493. The van der Waals surface area contributed by atoms with Crippen LogP contribution < -0.4 is 4.74 Å². The summed E-state index contributed by atoms with van der Waals surface area (Å²) in [6.07, 6.45) is 9.65. The molecule has 1 aliphatic heterocycles. The van der Waals surface area contributed by atoms with Crippen molar-refractivity contribution in [3.63, 3.8) is 0 Å². The molecule has 0 bridgehead atoms. The predicted molar refractivity (Wildman–Crippen MR) is 87.8 cm³/mol. The minimum Gasteiger partial charge on any atom is -0.490 e. The highest BCUT2D eigenvalue weighted by molar-refractivity contribution is 5.37. The standard InChI is InChI=1S/C18H23N4O/c1-14-13-19-20-22(14)16-5-7-17(8-6-16)23-18-9-11-21(12-10-18)15-3-2-4-15/h5-8,15,18H,2-4,9-12H2,1H3. The van der Waals surface area contributed by atoms with Crippen molar-refractivity contribution in [3.8, 4) is 11.4 Å². The second-order valence-corrected chi connectivity index (χ2v) is 6.63. The molecule has 121 valence electrons. The second-order valence-electron chi connectivity index (χ2n) is 6.63. The summed E-state index contributed by atoms with van der Waals surface area (Å²) in [6, 6.07) is 8.95. The maximum atomic E-state index is 6.16. The molecule has 1 aromatic carbocycles. The molecule has 0 amide bonds. The number of piperidine rings is 1. The summed E-state index contributed by atoms with van der Waals surface area (Å²) in [5, 5.41) is 7.83. The van der Waals surface area contributed by atoms with E-state index in [4.69, 9.17) is 4.74 Å². The smallest absolute Gasteiger partial charge is 0.138 e. The Morgan fingerprint density at radius 3 is 2.39 bits per heavy atom. The van der Waals surface area contributed by atoms with Crippen molar-refractivity contribution >= 4 is 0 Å². The summed E-state index contributed by atoms with van der Waals surface area (Å²) in [5.41, 5.74) is 1.89. The van der Waals surface area contributed by atoms with E-state index >= 15 is 0 Å². The Labute approximate surface area is 137 Å². The summed E-state index contributed by atoms with van der Waals surface area (Å²) in [5.74, 6) is 0.942. The lowest BCUT2D eigenvalue weighted by Crippen LogP contribution is -2.46. The Hall–Kier alpha value is -1.88. The minimum atomic E-state index is 0.346. The molecule has 23 heavy (non-hydrogen) atoms. The molecule has 2 aliphatic rings. The maximum Gasteiger partial charge on any atom is 0.138 e. The van der Waals surface area contributed by atoms with E-state index < -0.39 is 0 Å². The van der Waals surface area contributed by atoms with Gasteiger partial charge in [0.25, 0.3) is 0 Å². The van der Waals surface area contributed by atoms with E-state index in [9.17, 15) is 0 Å². The summed E-state index contributed by atoms with van der Waals surface area (Å²) in [4.78, 5) is 2.65. The molecule has 2 fully saturated rings. The lowest BCUT2D eigenvalue weighted by atomic mass is 9.90. The van der Waals surface area contributed by atoms with Gasteiger partial charge in [0.15, 0.2) is 0 Å². The van der Waals surface area contributed by atoms with Gasteiger partial charge in [-0.25, -0.2) is 4.68 Å². The SMILES string of the molecule is Cc1[c]nnn1-c1ccc(OC2CCN(C3CCC3)CC2)cc1. The van der Waals surface area contributed by atoms with Crippen molar-refractivity contribution in [1.82, 2.24) is 19.9 Å². The van der Waals surface area contributed by atoms with Crippen molar-refractivity contribution in [2.75, 3.05) is 13.1 Å². The van der Waals surface area contributed by atoms with Gasteiger partial charge in [0.1, 0.15) is 18.1 Å². The van der Waals surface area contributed by atoms with Crippen LogP contribution in [0, 0.1) is 13.1 Å². The number of benzene rings is 1. The fourth-order valence-electron chi connectivity index (χ4n) is 3.47. The number of nitrogens with zero attached hydrogens (tertiary/aromatic N) is 4.